The summed E-state index contributed by atoms with van der Waals surface area (Å²) in [7, 11) is 0. The highest BCUT2D eigenvalue weighted by molar-refractivity contribution is 5.75. The molecule has 0 atom stereocenters. The van der Waals surface area contributed by atoms with Crippen molar-refractivity contribution in [3.8, 4) is 0 Å². The molecule has 132 valence electrons. The van der Waals surface area contributed by atoms with Gasteiger partial charge in [0.25, 0.3) is 0 Å². The van der Waals surface area contributed by atoms with E-state index in [9.17, 15) is 4.79 Å². The van der Waals surface area contributed by atoms with Crippen LogP contribution in [0.1, 0.15) is 124 Å². The van der Waals surface area contributed by atoms with Crippen molar-refractivity contribution in [2.24, 2.45) is 5.92 Å². The predicted octanol–water partition coefficient (Wildman–Crippen LogP) is 7.47. The van der Waals surface area contributed by atoms with E-state index in [2.05, 4.69) is 13.8 Å². The maximum absolute atomic E-state index is 10.8. The van der Waals surface area contributed by atoms with Gasteiger partial charge < -0.3 is 4.79 Å². The number of rotatable bonds is 17. The zero-order valence-electron chi connectivity index (χ0n) is 15.8. The van der Waals surface area contributed by atoms with Gasteiger partial charge in [-0.05, 0) is 19.3 Å². The van der Waals surface area contributed by atoms with Gasteiger partial charge in [0, 0.05) is 6.42 Å². The third-order valence-electron chi connectivity index (χ3n) is 4.56. The fourth-order valence-corrected chi connectivity index (χ4v) is 3.05. The number of Topliss-reactive ketones (excluding diaryl/α,β-unsaturated/α-hetero) is 1. The lowest BCUT2D eigenvalue weighted by Gasteiger charge is -2.05. The molecule has 0 rings (SSSR count). The molecule has 0 bridgehead atoms. The SMILES string of the molecule is CC(=O)CCCCCCCCCCCCCCCCC(C)C. The average molecular weight is 311 g/mol. The Balaban J connectivity index is 2.98. The van der Waals surface area contributed by atoms with Crippen molar-refractivity contribution in [3.63, 3.8) is 0 Å². The van der Waals surface area contributed by atoms with Gasteiger partial charge in [0.05, 0.1) is 0 Å². The molecular weight excluding hydrogens is 268 g/mol. The minimum atomic E-state index is 0.347. The van der Waals surface area contributed by atoms with Crippen LogP contribution in [0.15, 0.2) is 0 Å². The molecule has 0 aliphatic rings. The molecule has 0 aliphatic heterocycles. The number of carbonyl (C=O) groups excluding carboxylic acids is 1. The lowest BCUT2D eigenvalue weighted by Crippen LogP contribution is -1.89. The van der Waals surface area contributed by atoms with Gasteiger partial charge in [-0.3, -0.25) is 0 Å². The quantitative estimate of drug-likeness (QED) is 0.255. The second kappa shape index (κ2) is 17.0. The normalized spacial score (nSPS) is 11.3. The van der Waals surface area contributed by atoms with Gasteiger partial charge in [-0.15, -0.1) is 0 Å². The lowest BCUT2D eigenvalue weighted by molar-refractivity contribution is -0.117. The van der Waals surface area contributed by atoms with Crippen molar-refractivity contribution in [2.75, 3.05) is 0 Å². The number of hydrogen-bond donors (Lipinski definition) is 0. The molecule has 0 spiro atoms. The van der Waals surface area contributed by atoms with Crippen LogP contribution in [0, 0.1) is 5.92 Å². The molecule has 0 amide bonds. The van der Waals surface area contributed by atoms with Crippen molar-refractivity contribution in [3.05, 3.63) is 0 Å². The van der Waals surface area contributed by atoms with Crippen molar-refractivity contribution in [1.29, 1.82) is 0 Å². The van der Waals surface area contributed by atoms with Crippen LogP contribution >= 0.6 is 0 Å². The Hall–Kier alpha value is -0.330. The molecular formula is C21H42O. The molecule has 1 heteroatoms. The Morgan fingerprint density at radius 2 is 0.909 bits per heavy atom. The van der Waals surface area contributed by atoms with E-state index in [-0.39, 0.29) is 0 Å². The van der Waals surface area contributed by atoms with Crippen molar-refractivity contribution >= 4 is 5.78 Å². The zero-order chi connectivity index (χ0) is 16.5. The summed E-state index contributed by atoms with van der Waals surface area (Å²) >= 11 is 0. The van der Waals surface area contributed by atoms with E-state index in [0.717, 1.165) is 18.8 Å². The first-order valence-electron chi connectivity index (χ1n) is 10.1. The maximum Gasteiger partial charge on any atom is 0.129 e. The third-order valence-corrected chi connectivity index (χ3v) is 4.56. The number of unbranched alkanes of at least 4 members (excludes halogenated alkanes) is 13. The summed E-state index contributed by atoms with van der Waals surface area (Å²) in [4.78, 5) is 10.8. The van der Waals surface area contributed by atoms with Crippen LogP contribution in [0.2, 0.25) is 0 Å². The van der Waals surface area contributed by atoms with E-state index in [1.807, 2.05) is 0 Å². The first-order chi connectivity index (χ1) is 10.6. The van der Waals surface area contributed by atoms with Crippen LogP contribution in [0.25, 0.3) is 0 Å². The van der Waals surface area contributed by atoms with Crippen LogP contribution in [0.4, 0.5) is 0 Å². The van der Waals surface area contributed by atoms with E-state index in [4.69, 9.17) is 0 Å². The highest BCUT2D eigenvalue weighted by atomic mass is 16.1. The highest BCUT2D eigenvalue weighted by Crippen LogP contribution is 2.14. The number of carbonyl (C=O) groups is 1. The highest BCUT2D eigenvalue weighted by Gasteiger charge is 1.96. The Morgan fingerprint density at radius 1 is 0.591 bits per heavy atom. The third kappa shape index (κ3) is 19.7. The standard InChI is InChI=1S/C21H42O/c1-20(2)18-16-14-12-10-8-6-4-5-7-9-11-13-15-17-19-21(3)22/h20H,4-19H2,1-3H3. The van der Waals surface area contributed by atoms with E-state index < -0.39 is 0 Å². The average Bonchev–Trinajstić information content (AvgIpc) is 2.46. The van der Waals surface area contributed by atoms with Crippen molar-refractivity contribution in [2.45, 2.75) is 124 Å². The van der Waals surface area contributed by atoms with E-state index in [1.54, 1.807) is 6.92 Å². The van der Waals surface area contributed by atoms with E-state index in [0.29, 0.717) is 5.78 Å². The molecule has 0 aliphatic carbocycles. The topological polar surface area (TPSA) is 17.1 Å². The monoisotopic (exact) mass is 310 g/mol. The second-order valence-electron chi connectivity index (χ2n) is 7.58. The van der Waals surface area contributed by atoms with Crippen LogP contribution < -0.4 is 0 Å². The van der Waals surface area contributed by atoms with Gasteiger partial charge in [-0.1, -0.05) is 104 Å². The summed E-state index contributed by atoms with van der Waals surface area (Å²) in [6.07, 6.45) is 21.6. The fraction of sp³-hybridized carbons (Fsp3) is 0.952. The van der Waals surface area contributed by atoms with Crippen molar-refractivity contribution in [1.82, 2.24) is 0 Å². The molecule has 0 N–H and O–H groups in total. The first-order valence-corrected chi connectivity index (χ1v) is 10.1. The summed E-state index contributed by atoms with van der Waals surface area (Å²) < 4.78 is 0. The summed E-state index contributed by atoms with van der Waals surface area (Å²) in [5, 5.41) is 0. The summed E-state index contributed by atoms with van der Waals surface area (Å²) in [6.45, 7) is 6.35. The molecule has 0 heterocycles. The van der Waals surface area contributed by atoms with Crippen LogP contribution in [-0.4, -0.2) is 5.78 Å². The van der Waals surface area contributed by atoms with Crippen LogP contribution in [0.5, 0.6) is 0 Å². The molecule has 0 aromatic rings. The molecule has 0 aromatic heterocycles. The zero-order valence-corrected chi connectivity index (χ0v) is 15.8. The minimum absolute atomic E-state index is 0.347. The Bertz CT molecular complexity index is 232. The molecule has 0 unspecified atom stereocenters. The lowest BCUT2D eigenvalue weighted by atomic mass is 10.0. The van der Waals surface area contributed by atoms with Gasteiger partial charge in [0.15, 0.2) is 0 Å². The Kier molecular flexibility index (Phi) is 16.8. The number of ketones is 1. The maximum atomic E-state index is 10.8. The summed E-state index contributed by atoms with van der Waals surface area (Å²) in [6, 6.07) is 0. The minimum Gasteiger partial charge on any atom is -0.300 e. The molecule has 0 saturated carbocycles. The van der Waals surface area contributed by atoms with Crippen molar-refractivity contribution < 1.29 is 4.79 Å². The second-order valence-corrected chi connectivity index (χ2v) is 7.58. The van der Waals surface area contributed by atoms with Gasteiger partial charge in [-0.25, -0.2) is 0 Å². The fourth-order valence-electron chi connectivity index (χ4n) is 3.05. The van der Waals surface area contributed by atoms with Crippen LogP contribution in [-0.2, 0) is 4.79 Å². The largest absolute Gasteiger partial charge is 0.300 e. The van der Waals surface area contributed by atoms with Gasteiger partial charge >= 0.3 is 0 Å². The summed E-state index contributed by atoms with van der Waals surface area (Å²) in [5.41, 5.74) is 0. The number of hydrogen-bond acceptors (Lipinski definition) is 1. The van der Waals surface area contributed by atoms with Gasteiger partial charge in [0.1, 0.15) is 5.78 Å². The molecule has 0 fully saturated rings. The molecule has 0 saturated heterocycles. The smallest absolute Gasteiger partial charge is 0.129 e. The Morgan fingerprint density at radius 3 is 1.23 bits per heavy atom. The summed E-state index contributed by atoms with van der Waals surface area (Å²) in [5.74, 6) is 1.23. The first kappa shape index (κ1) is 21.7. The van der Waals surface area contributed by atoms with Crippen LogP contribution in [0.3, 0.4) is 0 Å². The Labute approximate surface area is 140 Å². The van der Waals surface area contributed by atoms with Gasteiger partial charge in [-0.2, -0.15) is 0 Å². The van der Waals surface area contributed by atoms with E-state index in [1.165, 1.54) is 89.9 Å². The van der Waals surface area contributed by atoms with E-state index >= 15 is 0 Å². The molecule has 0 radical (unpaired) electrons. The molecule has 0 aromatic carbocycles. The molecule has 22 heavy (non-hydrogen) atoms. The predicted molar refractivity (Wildman–Crippen MR) is 99.4 cm³/mol. The molecule has 1 nitrogen and oxygen atoms in total. The van der Waals surface area contributed by atoms with Gasteiger partial charge in [0.2, 0.25) is 0 Å².